The Hall–Kier alpha value is -2.51. The lowest BCUT2D eigenvalue weighted by Gasteiger charge is -2.28. The predicted molar refractivity (Wildman–Crippen MR) is 69.9 cm³/mol. The van der Waals surface area contributed by atoms with Crippen LogP contribution in [-0.4, -0.2) is 57.9 Å². The molecule has 2 heterocycles. The number of hydrogen-bond acceptors (Lipinski definition) is 3. The van der Waals surface area contributed by atoms with Gasteiger partial charge in [-0.15, -0.1) is 0 Å². The fourth-order valence-electron chi connectivity index (χ4n) is 2.86. The van der Waals surface area contributed by atoms with Crippen molar-refractivity contribution >= 4 is 17.9 Å². The summed E-state index contributed by atoms with van der Waals surface area (Å²) >= 11 is 0. The van der Waals surface area contributed by atoms with Crippen molar-refractivity contribution in [3.63, 3.8) is 0 Å². The fourth-order valence-corrected chi connectivity index (χ4v) is 2.86. The van der Waals surface area contributed by atoms with Gasteiger partial charge in [0.1, 0.15) is 6.04 Å². The molecule has 1 fully saturated rings. The van der Waals surface area contributed by atoms with Gasteiger partial charge in [0, 0.05) is 13.0 Å². The van der Waals surface area contributed by atoms with E-state index >= 15 is 0 Å². The van der Waals surface area contributed by atoms with Crippen LogP contribution in [0.1, 0.15) is 27.1 Å². The number of hydrogen-bond donors (Lipinski definition) is 1. The summed E-state index contributed by atoms with van der Waals surface area (Å²) in [7, 11) is 0. The number of carbonyl (C=O) groups excluding carboxylic acids is 2. The van der Waals surface area contributed by atoms with E-state index < -0.39 is 42.8 Å². The molecule has 2 aliphatic heterocycles. The van der Waals surface area contributed by atoms with Crippen molar-refractivity contribution in [1.82, 2.24) is 9.80 Å². The number of alkyl halides is 2. The predicted octanol–water partition coefficient (Wildman–Crippen LogP) is 1.67. The van der Waals surface area contributed by atoms with Crippen LogP contribution in [0.15, 0.2) is 24.3 Å². The molecule has 1 atom stereocenters. The van der Waals surface area contributed by atoms with E-state index in [1.165, 1.54) is 12.1 Å². The number of nitrogens with zero attached hydrogens (tertiary/aromatic N) is 2. The molecule has 1 aromatic carbocycles. The molecular formula is C14H12F2N2O4. The zero-order chi connectivity index (χ0) is 16.1. The van der Waals surface area contributed by atoms with Gasteiger partial charge in [0.25, 0.3) is 17.7 Å². The monoisotopic (exact) mass is 310 g/mol. The number of fused-ring (bicyclic) bond motifs is 1. The van der Waals surface area contributed by atoms with Crippen molar-refractivity contribution in [1.29, 1.82) is 0 Å². The number of benzene rings is 1. The molecule has 1 N–H and O–H groups in total. The molecule has 1 aromatic rings. The van der Waals surface area contributed by atoms with Crippen LogP contribution < -0.4 is 0 Å². The maximum absolute atomic E-state index is 13.9. The molecule has 0 spiro atoms. The highest BCUT2D eigenvalue weighted by Gasteiger charge is 2.53. The molecule has 1 saturated heterocycles. The van der Waals surface area contributed by atoms with E-state index in [0.29, 0.717) is 9.80 Å². The number of likely N-dealkylation sites (tertiary alicyclic amines) is 1. The summed E-state index contributed by atoms with van der Waals surface area (Å²) in [4.78, 5) is 36.7. The zero-order valence-corrected chi connectivity index (χ0v) is 11.3. The van der Waals surface area contributed by atoms with Gasteiger partial charge < -0.3 is 5.11 Å². The van der Waals surface area contributed by atoms with Crippen LogP contribution in [0.25, 0.3) is 0 Å². The molecule has 2 aliphatic rings. The van der Waals surface area contributed by atoms with Gasteiger partial charge in [-0.1, -0.05) is 12.1 Å². The third kappa shape index (κ3) is 2.02. The number of amides is 3. The average molecular weight is 310 g/mol. The normalized spacial score (nSPS) is 23.1. The summed E-state index contributed by atoms with van der Waals surface area (Å²) in [5.74, 6) is -4.62. The number of carboxylic acid groups (broad SMARTS) is 1. The van der Waals surface area contributed by atoms with Crippen LogP contribution in [0.2, 0.25) is 0 Å². The van der Waals surface area contributed by atoms with Crippen molar-refractivity contribution in [3.05, 3.63) is 35.4 Å². The molecule has 0 saturated carbocycles. The van der Waals surface area contributed by atoms with Gasteiger partial charge in [0.2, 0.25) is 0 Å². The Bertz CT molecular complexity index is 642. The van der Waals surface area contributed by atoms with E-state index in [9.17, 15) is 23.2 Å². The highest BCUT2D eigenvalue weighted by molar-refractivity contribution is 6.21. The molecule has 0 aliphatic carbocycles. The highest BCUT2D eigenvalue weighted by Crippen LogP contribution is 2.35. The van der Waals surface area contributed by atoms with Gasteiger partial charge in [-0.05, 0) is 12.1 Å². The highest BCUT2D eigenvalue weighted by atomic mass is 19.3. The van der Waals surface area contributed by atoms with Gasteiger partial charge >= 0.3 is 6.09 Å². The summed E-state index contributed by atoms with van der Waals surface area (Å²) in [6.45, 7) is -0.970. The second-order valence-corrected chi connectivity index (χ2v) is 5.27. The molecule has 3 amide bonds. The van der Waals surface area contributed by atoms with Crippen molar-refractivity contribution < 1.29 is 28.3 Å². The first-order valence-corrected chi connectivity index (χ1v) is 6.65. The van der Waals surface area contributed by atoms with Crippen LogP contribution in [0.5, 0.6) is 0 Å². The Morgan fingerprint density at radius 3 is 2.27 bits per heavy atom. The van der Waals surface area contributed by atoms with Crippen molar-refractivity contribution in [3.8, 4) is 0 Å². The van der Waals surface area contributed by atoms with Gasteiger partial charge in [0.15, 0.2) is 0 Å². The van der Waals surface area contributed by atoms with Crippen LogP contribution in [0.3, 0.4) is 0 Å². The summed E-state index contributed by atoms with van der Waals surface area (Å²) in [5, 5.41) is 9.00. The summed E-state index contributed by atoms with van der Waals surface area (Å²) in [6.07, 6.45) is -2.11. The SMILES string of the molecule is O=C1c2ccccc2C(=O)N1CC1N(C(=O)O)CCC1(F)F. The van der Waals surface area contributed by atoms with Gasteiger partial charge in [0.05, 0.1) is 17.7 Å². The Kier molecular flexibility index (Phi) is 3.12. The smallest absolute Gasteiger partial charge is 0.407 e. The zero-order valence-electron chi connectivity index (χ0n) is 11.3. The second-order valence-electron chi connectivity index (χ2n) is 5.27. The maximum atomic E-state index is 13.9. The van der Waals surface area contributed by atoms with Crippen LogP contribution in [0.4, 0.5) is 13.6 Å². The minimum Gasteiger partial charge on any atom is -0.465 e. The number of carbonyl (C=O) groups is 3. The van der Waals surface area contributed by atoms with Crippen molar-refractivity contribution in [2.24, 2.45) is 0 Å². The van der Waals surface area contributed by atoms with Crippen molar-refractivity contribution in [2.75, 3.05) is 13.1 Å². The lowest BCUT2D eigenvalue weighted by atomic mass is 10.1. The topological polar surface area (TPSA) is 77.9 Å². The molecule has 0 radical (unpaired) electrons. The Balaban J connectivity index is 1.89. The maximum Gasteiger partial charge on any atom is 0.407 e. The number of rotatable bonds is 2. The molecule has 22 heavy (non-hydrogen) atoms. The molecule has 8 heteroatoms. The van der Waals surface area contributed by atoms with Gasteiger partial charge in [-0.2, -0.15) is 0 Å². The molecule has 0 bridgehead atoms. The van der Waals surface area contributed by atoms with E-state index in [2.05, 4.69) is 0 Å². The molecule has 3 rings (SSSR count). The Labute approximate surface area is 123 Å². The third-order valence-corrected chi connectivity index (χ3v) is 4.03. The van der Waals surface area contributed by atoms with Crippen molar-refractivity contribution in [2.45, 2.75) is 18.4 Å². The summed E-state index contributed by atoms with van der Waals surface area (Å²) < 4.78 is 27.8. The van der Waals surface area contributed by atoms with Gasteiger partial charge in [-0.25, -0.2) is 13.6 Å². The molecule has 1 unspecified atom stereocenters. The first-order chi connectivity index (χ1) is 10.3. The van der Waals surface area contributed by atoms with E-state index in [1.807, 2.05) is 0 Å². The minimum absolute atomic E-state index is 0.149. The van der Waals surface area contributed by atoms with E-state index in [1.54, 1.807) is 12.1 Å². The molecule has 0 aromatic heterocycles. The standard InChI is InChI=1S/C14H12F2N2O4/c15-14(16)5-6-17(13(21)22)10(14)7-18-11(19)8-3-1-2-4-9(8)12(18)20/h1-4,10H,5-7H2,(H,21,22). The first-order valence-electron chi connectivity index (χ1n) is 6.65. The number of halogens is 2. The lowest BCUT2D eigenvalue weighted by Crippen LogP contribution is -2.50. The summed E-state index contributed by atoms with van der Waals surface area (Å²) in [6, 6.07) is 4.31. The number of imide groups is 1. The minimum atomic E-state index is -3.27. The third-order valence-electron chi connectivity index (χ3n) is 4.03. The van der Waals surface area contributed by atoms with E-state index in [-0.39, 0.29) is 17.7 Å². The molecule has 6 nitrogen and oxygen atoms in total. The molecule has 116 valence electrons. The first kappa shape index (κ1) is 14.4. The van der Waals surface area contributed by atoms with Crippen LogP contribution in [-0.2, 0) is 0 Å². The second kappa shape index (κ2) is 4.75. The average Bonchev–Trinajstić information content (AvgIpc) is 2.89. The largest absolute Gasteiger partial charge is 0.465 e. The van der Waals surface area contributed by atoms with Gasteiger partial charge in [-0.3, -0.25) is 19.4 Å². The van der Waals surface area contributed by atoms with Crippen LogP contribution in [0, 0.1) is 0 Å². The quantitative estimate of drug-likeness (QED) is 0.843. The van der Waals surface area contributed by atoms with E-state index in [0.717, 1.165) is 0 Å². The van der Waals surface area contributed by atoms with Crippen LogP contribution >= 0.6 is 0 Å². The molecular weight excluding hydrogens is 298 g/mol. The lowest BCUT2D eigenvalue weighted by molar-refractivity contribution is -0.0361. The van der Waals surface area contributed by atoms with E-state index in [4.69, 9.17) is 5.11 Å². The Morgan fingerprint density at radius 1 is 1.23 bits per heavy atom. The fraction of sp³-hybridized carbons (Fsp3) is 0.357. The summed E-state index contributed by atoms with van der Waals surface area (Å²) in [5.41, 5.74) is 0.298. The Morgan fingerprint density at radius 2 is 1.77 bits per heavy atom.